The molecule has 0 unspecified atom stereocenters. The van der Waals surface area contributed by atoms with Crippen molar-refractivity contribution in [2.75, 3.05) is 24.5 Å². The highest BCUT2D eigenvalue weighted by Gasteiger charge is 2.48. The van der Waals surface area contributed by atoms with Crippen molar-refractivity contribution >= 4 is 33.0 Å². The predicted octanol–water partition coefficient (Wildman–Crippen LogP) is 3.84. The topological polar surface area (TPSA) is 66.5 Å². The first-order valence-corrected chi connectivity index (χ1v) is 11.9. The van der Waals surface area contributed by atoms with Gasteiger partial charge in [-0.15, -0.1) is 0 Å². The van der Waals surface area contributed by atoms with E-state index in [1.54, 1.807) is 35.2 Å². The van der Waals surface area contributed by atoms with Gasteiger partial charge in [0.15, 0.2) is 0 Å². The van der Waals surface area contributed by atoms with Crippen LogP contribution in [-0.4, -0.2) is 34.0 Å². The Morgan fingerprint density at radius 3 is 2.48 bits per heavy atom. The number of piperidine rings is 1. The summed E-state index contributed by atoms with van der Waals surface area (Å²) >= 11 is 6.22. The van der Waals surface area contributed by atoms with Gasteiger partial charge in [0.25, 0.3) is 0 Å². The van der Waals surface area contributed by atoms with Crippen LogP contribution in [0.25, 0.3) is 0 Å². The van der Waals surface area contributed by atoms with Crippen molar-refractivity contribution in [3.05, 3.63) is 53.1 Å². The quantitative estimate of drug-likeness (QED) is 0.797. The van der Waals surface area contributed by atoms with Crippen LogP contribution in [0.15, 0.2) is 52.3 Å². The van der Waals surface area contributed by atoms with E-state index >= 15 is 0 Å². The molecule has 2 aromatic carbocycles. The van der Waals surface area contributed by atoms with Gasteiger partial charge in [-0.05, 0) is 68.6 Å². The van der Waals surface area contributed by atoms with Crippen LogP contribution >= 0.6 is 11.6 Å². The summed E-state index contributed by atoms with van der Waals surface area (Å²) in [6.45, 7) is 4.15. The Labute approximate surface area is 177 Å². The van der Waals surface area contributed by atoms with E-state index in [0.717, 1.165) is 37.9 Å². The van der Waals surface area contributed by atoms with Gasteiger partial charge in [0.05, 0.1) is 25.9 Å². The molecule has 29 heavy (non-hydrogen) atoms. The molecule has 2 aromatic rings. The number of aryl methyl sites for hydroxylation is 1. The smallest absolute Gasteiger partial charge is 0.233 e. The van der Waals surface area contributed by atoms with Crippen molar-refractivity contribution in [2.45, 2.75) is 42.4 Å². The summed E-state index contributed by atoms with van der Waals surface area (Å²) in [5.74, 6) is 0.0406. The number of hydrogen-bond donors (Lipinski definition) is 1. The minimum atomic E-state index is -3.87. The average molecular weight is 433 g/mol. The average Bonchev–Trinajstić information content (AvgIpc) is 3.04. The lowest BCUT2D eigenvalue weighted by Gasteiger charge is -2.32. The minimum Gasteiger partial charge on any atom is -0.317 e. The highest BCUT2D eigenvalue weighted by Crippen LogP contribution is 2.44. The largest absolute Gasteiger partial charge is 0.317 e. The van der Waals surface area contributed by atoms with Crippen LogP contribution in [0, 0.1) is 5.41 Å². The Kier molecular flexibility index (Phi) is 5.44. The van der Waals surface area contributed by atoms with Crippen LogP contribution in [0.5, 0.6) is 0 Å². The first-order chi connectivity index (χ1) is 13.9. The van der Waals surface area contributed by atoms with Crippen molar-refractivity contribution in [1.82, 2.24) is 5.32 Å². The third kappa shape index (κ3) is 3.47. The summed E-state index contributed by atoms with van der Waals surface area (Å²) < 4.78 is 27.1. The van der Waals surface area contributed by atoms with Gasteiger partial charge >= 0.3 is 0 Å². The van der Waals surface area contributed by atoms with Crippen molar-refractivity contribution in [2.24, 2.45) is 5.41 Å². The number of benzene rings is 2. The molecular weight excluding hydrogens is 408 g/mol. The van der Waals surface area contributed by atoms with E-state index in [0.29, 0.717) is 18.7 Å². The maximum atomic E-state index is 13.5. The Bertz CT molecular complexity index is 1050. The van der Waals surface area contributed by atoms with Crippen LogP contribution in [0.1, 0.15) is 31.7 Å². The molecular formula is C22H25ClN2O3S. The fourth-order valence-electron chi connectivity index (χ4n) is 4.42. The molecule has 2 fully saturated rings. The van der Waals surface area contributed by atoms with E-state index in [1.165, 1.54) is 6.07 Å². The van der Waals surface area contributed by atoms with Gasteiger partial charge < -0.3 is 10.2 Å². The first-order valence-electron chi connectivity index (χ1n) is 10.0. The SMILES string of the molecule is CCc1ccc(N2CCC3(CCNCC3)C2=O)c(S(=O)(=O)c2ccccc2Cl)c1. The molecule has 1 N–H and O–H groups in total. The Morgan fingerprint density at radius 2 is 1.79 bits per heavy atom. The van der Waals surface area contributed by atoms with Crippen LogP contribution < -0.4 is 10.2 Å². The van der Waals surface area contributed by atoms with Crippen LogP contribution in [-0.2, 0) is 21.1 Å². The number of rotatable bonds is 4. The number of carbonyl (C=O) groups excluding carboxylic acids is 1. The molecule has 2 heterocycles. The van der Waals surface area contributed by atoms with Gasteiger partial charge in [-0.1, -0.05) is 36.7 Å². The Balaban J connectivity index is 1.82. The van der Waals surface area contributed by atoms with Gasteiger partial charge in [0.2, 0.25) is 15.7 Å². The normalized spacial score (nSPS) is 19.1. The zero-order chi connectivity index (χ0) is 20.6. The molecule has 5 nitrogen and oxygen atoms in total. The third-order valence-electron chi connectivity index (χ3n) is 6.21. The van der Waals surface area contributed by atoms with Crippen LogP contribution in [0.4, 0.5) is 5.69 Å². The van der Waals surface area contributed by atoms with E-state index < -0.39 is 9.84 Å². The predicted molar refractivity (Wildman–Crippen MR) is 114 cm³/mol. The van der Waals surface area contributed by atoms with Gasteiger partial charge in [-0.25, -0.2) is 8.42 Å². The van der Waals surface area contributed by atoms with E-state index in [-0.39, 0.29) is 26.1 Å². The monoisotopic (exact) mass is 432 g/mol. The van der Waals surface area contributed by atoms with Gasteiger partial charge in [0.1, 0.15) is 0 Å². The van der Waals surface area contributed by atoms with Crippen LogP contribution in [0.2, 0.25) is 5.02 Å². The molecule has 0 bridgehead atoms. The number of amides is 1. The molecule has 0 atom stereocenters. The van der Waals surface area contributed by atoms with Crippen molar-refractivity contribution in [3.8, 4) is 0 Å². The molecule has 0 saturated carbocycles. The number of halogens is 1. The summed E-state index contributed by atoms with van der Waals surface area (Å²) in [6.07, 6.45) is 3.05. The molecule has 154 valence electrons. The second-order valence-electron chi connectivity index (χ2n) is 7.83. The van der Waals surface area contributed by atoms with E-state index in [9.17, 15) is 13.2 Å². The number of hydrogen-bond acceptors (Lipinski definition) is 4. The number of sulfone groups is 1. The summed E-state index contributed by atoms with van der Waals surface area (Å²) in [5, 5.41) is 3.49. The van der Waals surface area contributed by atoms with Crippen molar-refractivity contribution < 1.29 is 13.2 Å². The number of nitrogens with one attached hydrogen (secondary N) is 1. The summed E-state index contributed by atoms with van der Waals surface area (Å²) in [6, 6.07) is 11.8. The maximum absolute atomic E-state index is 13.5. The van der Waals surface area contributed by atoms with Crippen molar-refractivity contribution in [1.29, 1.82) is 0 Å². The fraction of sp³-hybridized carbons (Fsp3) is 0.409. The van der Waals surface area contributed by atoms with E-state index in [2.05, 4.69) is 5.32 Å². The minimum absolute atomic E-state index is 0.0406. The van der Waals surface area contributed by atoms with Crippen LogP contribution in [0.3, 0.4) is 0 Å². The molecule has 2 aliphatic heterocycles. The highest BCUT2D eigenvalue weighted by molar-refractivity contribution is 7.91. The van der Waals surface area contributed by atoms with E-state index in [4.69, 9.17) is 11.6 Å². The Morgan fingerprint density at radius 1 is 1.07 bits per heavy atom. The zero-order valence-corrected chi connectivity index (χ0v) is 18.0. The van der Waals surface area contributed by atoms with Gasteiger partial charge in [-0.3, -0.25) is 4.79 Å². The molecule has 0 aromatic heterocycles. The highest BCUT2D eigenvalue weighted by atomic mass is 35.5. The molecule has 7 heteroatoms. The molecule has 1 amide bonds. The summed E-state index contributed by atoms with van der Waals surface area (Å²) in [5.41, 5.74) is 0.991. The standard InChI is InChI=1S/C22H25ClN2O3S/c1-2-16-7-8-18(25-14-11-22(21(25)26)9-12-24-13-10-22)20(15-16)29(27,28)19-6-4-3-5-17(19)23/h3-8,15,24H,2,9-14H2,1H3. The zero-order valence-electron chi connectivity index (χ0n) is 16.4. The molecule has 4 rings (SSSR count). The lowest BCUT2D eigenvalue weighted by atomic mass is 9.78. The summed E-state index contributed by atoms with van der Waals surface area (Å²) in [4.78, 5) is 15.3. The lowest BCUT2D eigenvalue weighted by molar-refractivity contribution is -0.126. The molecule has 1 spiro atoms. The lowest BCUT2D eigenvalue weighted by Crippen LogP contribution is -2.43. The van der Waals surface area contributed by atoms with Gasteiger partial charge in [0, 0.05) is 6.54 Å². The first kappa shape index (κ1) is 20.4. The molecule has 0 aliphatic carbocycles. The molecule has 0 radical (unpaired) electrons. The van der Waals surface area contributed by atoms with Gasteiger partial charge in [-0.2, -0.15) is 0 Å². The number of nitrogens with zero attached hydrogens (tertiary/aromatic N) is 1. The molecule has 2 saturated heterocycles. The second-order valence-corrected chi connectivity index (χ2v) is 10.1. The number of carbonyl (C=O) groups is 1. The van der Waals surface area contributed by atoms with E-state index in [1.807, 2.05) is 13.0 Å². The Hall–Kier alpha value is -1.89. The number of anilines is 1. The van der Waals surface area contributed by atoms with Crippen molar-refractivity contribution in [3.63, 3.8) is 0 Å². The fourth-order valence-corrected chi connectivity index (χ4v) is 6.44. The maximum Gasteiger partial charge on any atom is 0.233 e. The third-order valence-corrected chi connectivity index (χ3v) is 8.50. The second kappa shape index (κ2) is 7.74. The summed E-state index contributed by atoms with van der Waals surface area (Å²) in [7, 11) is -3.87. The molecule has 2 aliphatic rings.